The second-order valence-corrected chi connectivity index (χ2v) is 13.0. The molecule has 1 aromatic carbocycles. The van der Waals surface area contributed by atoms with Gasteiger partial charge in [0.25, 0.3) is 0 Å². The molecule has 2 amide bonds. The predicted molar refractivity (Wildman–Crippen MR) is 150 cm³/mol. The van der Waals surface area contributed by atoms with Crippen LogP contribution in [0.2, 0.25) is 0 Å². The van der Waals surface area contributed by atoms with Crippen LogP contribution in [0.4, 0.5) is 4.79 Å². The number of hydrogen-bond acceptors (Lipinski definition) is 8. The molecule has 5 aliphatic rings. The van der Waals surface area contributed by atoms with E-state index >= 15 is 0 Å². The highest BCUT2D eigenvalue weighted by atomic mass is 16.6. The Morgan fingerprint density at radius 3 is 2.15 bits per heavy atom. The van der Waals surface area contributed by atoms with Gasteiger partial charge >= 0.3 is 18.0 Å². The zero-order valence-corrected chi connectivity index (χ0v) is 24.6. The summed E-state index contributed by atoms with van der Waals surface area (Å²) in [5.74, 6) is 0.152. The lowest BCUT2D eigenvalue weighted by Crippen LogP contribution is -2.61. The molecule has 10 heteroatoms. The molecular weight excluding hydrogens is 526 g/mol. The van der Waals surface area contributed by atoms with E-state index in [1.807, 2.05) is 7.05 Å². The van der Waals surface area contributed by atoms with Gasteiger partial charge in [-0.15, -0.1) is 0 Å². The van der Waals surface area contributed by atoms with Crippen molar-refractivity contribution in [2.75, 3.05) is 40.3 Å². The van der Waals surface area contributed by atoms with Gasteiger partial charge in [0.1, 0.15) is 11.8 Å². The Balaban J connectivity index is 1.27. The number of amides is 2. The van der Waals surface area contributed by atoms with Crippen LogP contribution in [0, 0.1) is 22.7 Å². The van der Waals surface area contributed by atoms with Gasteiger partial charge in [-0.25, -0.2) is 9.59 Å². The van der Waals surface area contributed by atoms with Gasteiger partial charge in [0, 0.05) is 32.6 Å². The van der Waals surface area contributed by atoms with E-state index in [-0.39, 0.29) is 30.5 Å². The minimum Gasteiger partial charge on any atom is -0.469 e. The van der Waals surface area contributed by atoms with E-state index in [1.165, 1.54) is 7.11 Å². The lowest BCUT2D eigenvalue weighted by Gasteiger charge is -2.59. The highest BCUT2D eigenvalue weighted by Crippen LogP contribution is 2.65. The van der Waals surface area contributed by atoms with E-state index in [2.05, 4.69) is 10.2 Å². The number of benzene rings is 1. The van der Waals surface area contributed by atoms with Gasteiger partial charge in [-0.2, -0.15) is 0 Å². The van der Waals surface area contributed by atoms with Gasteiger partial charge in [-0.05, 0) is 89.0 Å². The van der Waals surface area contributed by atoms with Crippen LogP contribution in [-0.2, 0) is 30.3 Å². The summed E-state index contributed by atoms with van der Waals surface area (Å²) in [6.45, 7) is 6.41. The summed E-state index contributed by atoms with van der Waals surface area (Å²) in [7, 11) is 3.44. The van der Waals surface area contributed by atoms with Gasteiger partial charge in [0.05, 0.1) is 24.0 Å². The van der Waals surface area contributed by atoms with Crippen LogP contribution in [0.5, 0.6) is 5.75 Å². The third kappa shape index (κ3) is 6.22. The second kappa shape index (κ2) is 11.6. The quantitative estimate of drug-likeness (QED) is 0.475. The molecule has 10 nitrogen and oxygen atoms in total. The maximum absolute atomic E-state index is 14.0. The molecule has 0 radical (unpaired) electrons. The van der Waals surface area contributed by atoms with Crippen LogP contribution < -0.4 is 10.1 Å². The first-order chi connectivity index (χ1) is 19.5. The predicted octanol–water partition coefficient (Wildman–Crippen LogP) is 3.17. The molecule has 4 aliphatic carbocycles. The van der Waals surface area contributed by atoms with E-state index in [1.54, 1.807) is 43.0 Å². The number of nitrogens with one attached hydrogen (secondary N) is 1. The van der Waals surface area contributed by atoms with Crippen molar-refractivity contribution >= 4 is 23.9 Å². The third-order valence-electron chi connectivity index (χ3n) is 9.43. The molecule has 1 N–H and O–H groups in total. The number of piperazine rings is 1. The largest absolute Gasteiger partial charge is 0.469 e. The second-order valence-electron chi connectivity index (χ2n) is 13.0. The Hall–Kier alpha value is -3.14. The summed E-state index contributed by atoms with van der Waals surface area (Å²) >= 11 is 0. The van der Waals surface area contributed by atoms with Crippen molar-refractivity contribution in [2.45, 2.75) is 70.9 Å². The maximum atomic E-state index is 14.0. The van der Waals surface area contributed by atoms with Crippen LogP contribution in [-0.4, -0.2) is 86.2 Å². The number of likely N-dealkylation sites (N-methyl/N-ethyl adjacent to an activating group) is 1. The van der Waals surface area contributed by atoms with Crippen molar-refractivity contribution in [2.24, 2.45) is 22.7 Å². The molecule has 0 spiro atoms. The molecule has 1 heterocycles. The van der Waals surface area contributed by atoms with Crippen molar-refractivity contribution in [3.63, 3.8) is 0 Å². The summed E-state index contributed by atoms with van der Waals surface area (Å²) in [5.41, 5.74) is -0.496. The van der Waals surface area contributed by atoms with E-state index in [0.29, 0.717) is 37.1 Å². The lowest BCUT2D eigenvalue weighted by molar-refractivity contribution is -0.182. The molecule has 0 aromatic heterocycles. The number of rotatable bonds is 8. The minimum absolute atomic E-state index is 0.177. The molecule has 6 rings (SSSR count). The zero-order chi connectivity index (χ0) is 29.4. The Morgan fingerprint density at radius 2 is 1.56 bits per heavy atom. The van der Waals surface area contributed by atoms with Gasteiger partial charge in [-0.1, -0.05) is 12.1 Å². The smallest absolute Gasteiger partial charge is 0.415 e. The fourth-order valence-corrected chi connectivity index (χ4v) is 7.89. The van der Waals surface area contributed by atoms with E-state index in [9.17, 15) is 19.2 Å². The molecule has 1 saturated heterocycles. The maximum Gasteiger partial charge on any atom is 0.415 e. The fraction of sp³-hybridized carbons (Fsp3) is 0.677. The zero-order valence-electron chi connectivity index (χ0n) is 24.6. The Labute approximate surface area is 242 Å². The van der Waals surface area contributed by atoms with Gasteiger partial charge in [-0.3, -0.25) is 9.59 Å². The normalized spacial score (nSPS) is 29.6. The molecule has 41 heavy (non-hydrogen) atoms. The summed E-state index contributed by atoms with van der Waals surface area (Å²) < 4.78 is 16.3. The first-order valence-corrected chi connectivity index (χ1v) is 14.8. The van der Waals surface area contributed by atoms with Crippen LogP contribution in [0.1, 0.15) is 57.9 Å². The van der Waals surface area contributed by atoms with E-state index < -0.39 is 22.8 Å². The van der Waals surface area contributed by atoms with Crippen LogP contribution >= 0.6 is 0 Å². The summed E-state index contributed by atoms with van der Waals surface area (Å²) in [4.78, 5) is 56.4. The summed E-state index contributed by atoms with van der Waals surface area (Å²) in [5, 5.41) is 3.03. The number of nitrogens with zero attached hydrogens (tertiary/aromatic N) is 2. The highest BCUT2D eigenvalue weighted by molar-refractivity contribution is 5.90. The summed E-state index contributed by atoms with van der Waals surface area (Å²) in [6, 6.07) is 6.12. The third-order valence-corrected chi connectivity index (χ3v) is 9.43. The van der Waals surface area contributed by atoms with Crippen molar-refractivity contribution < 1.29 is 33.4 Å². The molecule has 4 saturated carbocycles. The van der Waals surface area contributed by atoms with Crippen LogP contribution in [0.15, 0.2) is 24.3 Å². The molecule has 4 bridgehead atoms. The standard InChI is InChI=1S/C31H43N3O7/c1-20(2)40-26(35)25(14-21-5-7-24(8-6-21)41-29(38)34-11-9-33(3)10-12-34)32-27(36)30-15-22-13-23(16-30)18-31(17-22,19-30)28(37)39-4/h5-8,20,22-23,25H,9-19H2,1-4H3,(H,32,36)/t22?,23?,25-,30?,31?/m0/s1. The van der Waals surface area contributed by atoms with Gasteiger partial charge in [0.15, 0.2) is 0 Å². The Bertz CT molecular complexity index is 1140. The number of esters is 2. The highest BCUT2D eigenvalue weighted by Gasteiger charge is 2.63. The van der Waals surface area contributed by atoms with Crippen molar-refractivity contribution in [1.29, 1.82) is 0 Å². The van der Waals surface area contributed by atoms with Gasteiger partial charge < -0.3 is 29.3 Å². The van der Waals surface area contributed by atoms with Crippen molar-refractivity contribution in [3.05, 3.63) is 29.8 Å². The van der Waals surface area contributed by atoms with Crippen LogP contribution in [0.3, 0.4) is 0 Å². The fourth-order valence-electron chi connectivity index (χ4n) is 7.89. The molecular formula is C31H43N3O7. The minimum atomic E-state index is -0.884. The number of hydrogen-bond donors (Lipinski definition) is 1. The van der Waals surface area contributed by atoms with Crippen LogP contribution in [0.25, 0.3) is 0 Å². The number of methoxy groups -OCH3 is 1. The number of ether oxygens (including phenoxy) is 3. The average molecular weight is 570 g/mol. The first-order valence-electron chi connectivity index (χ1n) is 14.8. The Kier molecular flexibility index (Phi) is 8.32. The summed E-state index contributed by atoms with van der Waals surface area (Å²) in [6.07, 6.45) is 4.03. The molecule has 1 aliphatic heterocycles. The van der Waals surface area contributed by atoms with Crippen molar-refractivity contribution in [1.82, 2.24) is 15.1 Å². The number of carbonyl (C=O) groups excluding carboxylic acids is 4. The first kappa shape index (κ1) is 29.4. The van der Waals surface area contributed by atoms with Gasteiger partial charge in [0.2, 0.25) is 5.91 Å². The molecule has 5 fully saturated rings. The van der Waals surface area contributed by atoms with Crippen molar-refractivity contribution in [3.8, 4) is 5.75 Å². The molecule has 3 atom stereocenters. The molecule has 2 unspecified atom stereocenters. The average Bonchev–Trinajstić information content (AvgIpc) is 2.92. The monoisotopic (exact) mass is 569 g/mol. The van der Waals surface area contributed by atoms with E-state index in [4.69, 9.17) is 14.2 Å². The molecule has 224 valence electrons. The van der Waals surface area contributed by atoms with E-state index in [0.717, 1.165) is 50.8 Å². The SMILES string of the molecule is COC(=O)C12CC3CC(CC(C(=O)N[C@@H](Cc4ccc(OC(=O)N5CCN(C)CC5)cc4)C(=O)OC(C)C)(C3)C1)C2. The Morgan fingerprint density at radius 1 is 0.951 bits per heavy atom. The lowest BCUT2D eigenvalue weighted by atomic mass is 9.44. The topological polar surface area (TPSA) is 114 Å². The number of carbonyl (C=O) groups is 4. The molecule has 1 aromatic rings.